The van der Waals surface area contributed by atoms with E-state index >= 15 is 0 Å². The van der Waals surface area contributed by atoms with Crippen molar-refractivity contribution in [2.24, 2.45) is 11.8 Å². The van der Waals surface area contributed by atoms with Crippen LogP contribution in [0.5, 0.6) is 0 Å². The molecule has 0 bridgehead atoms. The number of hydrogen-bond acceptors (Lipinski definition) is 4. The Kier molecular flexibility index (Phi) is 8.34. The number of amides is 2. The molecule has 0 radical (unpaired) electrons. The molecule has 1 aliphatic rings. The van der Waals surface area contributed by atoms with Gasteiger partial charge in [-0.15, -0.1) is 11.3 Å². The maximum atomic E-state index is 13.3. The highest BCUT2D eigenvalue weighted by Gasteiger charge is 2.35. The van der Waals surface area contributed by atoms with Gasteiger partial charge in [0.1, 0.15) is 5.01 Å². The number of rotatable bonds is 9. The van der Waals surface area contributed by atoms with Gasteiger partial charge in [0.25, 0.3) is 0 Å². The molecule has 1 N–H and O–H groups in total. The van der Waals surface area contributed by atoms with Gasteiger partial charge < -0.3 is 10.2 Å². The monoisotopic (exact) mass is 489 g/mol. The fourth-order valence-corrected chi connectivity index (χ4v) is 5.59. The molecule has 1 saturated heterocycles. The Hall–Kier alpha value is -2.99. The van der Waals surface area contributed by atoms with Crippen LogP contribution in [0.1, 0.15) is 67.0 Å². The Bertz CT molecular complexity index is 1140. The molecule has 3 aromatic rings. The summed E-state index contributed by atoms with van der Waals surface area (Å²) in [5.74, 6) is -0.827. The Morgan fingerprint density at radius 1 is 1.06 bits per heavy atom. The van der Waals surface area contributed by atoms with Gasteiger partial charge in [-0.2, -0.15) is 0 Å². The minimum Gasteiger partial charge on any atom is -0.349 e. The number of aryl methyl sites for hydroxylation is 1. The lowest BCUT2D eigenvalue weighted by atomic mass is 9.93. The van der Waals surface area contributed by atoms with Crippen molar-refractivity contribution in [3.8, 4) is 0 Å². The van der Waals surface area contributed by atoms with Crippen molar-refractivity contribution in [1.82, 2.24) is 15.2 Å². The Labute approximate surface area is 212 Å². The third kappa shape index (κ3) is 5.99. The molecule has 2 heterocycles. The number of aromatic nitrogens is 1. The normalized spacial score (nSPS) is 17.2. The van der Waals surface area contributed by atoms with Crippen LogP contribution in [0.2, 0.25) is 0 Å². The number of hydrogen-bond donors (Lipinski definition) is 1. The smallest absolute Gasteiger partial charge is 0.226 e. The molecule has 2 aromatic carbocycles. The summed E-state index contributed by atoms with van der Waals surface area (Å²) >= 11 is 1.57. The highest BCUT2D eigenvalue weighted by atomic mass is 32.1. The topological polar surface area (TPSA) is 62.3 Å². The zero-order valence-electron chi connectivity index (χ0n) is 20.9. The molecule has 0 aliphatic carbocycles. The number of likely N-dealkylation sites (tertiary alicyclic amines) is 1. The van der Waals surface area contributed by atoms with Crippen molar-refractivity contribution in [1.29, 1.82) is 0 Å². The highest BCUT2D eigenvalue weighted by Crippen LogP contribution is 2.34. The van der Waals surface area contributed by atoms with Crippen LogP contribution in [0.4, 0.5) is 0 Å². The van der Waals surface area contributed by atoms with Crippen molar-refractivity contribution in [2.75, 3.05) is 6.54 Å². The van der Waals surface area contributed by atoms with E-state index in [1.54, 1.807) is 11.3 Å². The first-order valence-electron chi connectivity index (χ1n) is 12.6. The van der Waals surface area contributed by atoms with E-state index in [1.165, 1.54) is 16.7 Å². The molecule has 0 spiro atoms. The summed E-state index contributed by atoms with van der Waals surface area (Å²) in [6.45, 7) is 7.03. The van der Waals surface area contributed by atoms with Crippen LogP contribution in [0.15, 0.2) is 60.0 Å². The minimum atomic E-state index is -0.407. The lowest BCUT2D eigenvalue weighted by Gasteiger charge is -2.29. The summed E-state index contributed by atoms with van der Waals surface area (Å²) in [6, 6.07) is 18.8. The largest absolute Gasteiger partial charge is 0.349 e. The number of benzene rings is 2. The van der Waals surface area contributed by atoms with E-state index in [2.05, 4.69) is 54.0 Å². The predicted molar refractivity (Wildman–Crippen MR) is 141 cm³/mol. The van der Waals surface area contributed by atoms with Gasteiger partial charge in [0.15, 0.2) is 0 Å². The molecular weight excluding hydrogens is 454 g/mol. The number of carbonyl (C=O) groups excluding carboxylic acids is 2. The molecule has 184 valence electrons. The Morgan fingerprint density at radius 3 is 2.51 bits per heavy atom. The van der Waals surface area contributed by atoms with Crippen molar-refractivity contribution in [2.45, 2.75) is 59.0 Å². The summed E-state index contributed by atoms with van der Waals surface area (Å²) in [6.07, 6.45) is 3.77. The van der Waals surface area contributed by atoms with Crippen LogP contribution in [-0.4, -0.2) is 28.2 Å². The SMILES string of the molecule is CCc1ccccc1Cc1csc(CNC(=O)C(C)[C@@H](C)C(=O)N2CCCC2c2ccccc2)n1. The van der Waals surface area contributed by atoms with Gasteiger partial charge >= 0.3 is 0 Å². The zero-order chi connectivity index (χ0) is 24.8. The maximum absolute atomic E-state index is 13.3. The average Bonchev–Trinajstić information content (AvgIpc) is 3.56. The van der Waals surface area contributed by atoms with Crippen molar-refractivity contribution >= 4 is 23.2 Å². The molecule has 2 amide bonds. The molecule has 1 aliphatic heterocycles. The van der Waals surface area contributed by atoms with Gasteiger partial charge in [-0.25, -0.2) is 4.98 Å². The van der Waals surface area contributed by atoms with Gasteiger partial charge in [-0.05, 0) is 36.0 Å². The van der Waals surface area contributed by atoms with Crippen molar-refractivity contribution in [3.05, 3.63) is 87.4 Å². The van der Waals surface area contributed by atoms with E-state index in [1.807, 2.05) is 36.9 Å². The summed E-state index contributed by atoms with van der Waals surface area (Å²) in [4.78, 5) is 32.9. The number of nitrogens with zero attached hydrogens (tertiary/aromatic N) is 2. The van der Waals surface area contributed by atoms with Gasteiger partial charge in [-0.3, -0.25) is 9.59 Å². The highest BCUT2D eigenvalue weighted by molar-refractivity contribution is 7.09. The third-order valence-electron chi connectivity index (χ3n) is 7.16. The quantitative estimate of drug-likeness (QED) is 0.429. The first-order valence-corrected chi connectivity index (χ1v) is 13.5. The second kappa shape index (κ2) is 11.6. The lowest BCUT2D eigenvalue weighted by molar-refractivity contribution is -0.141. The fraction of sp³-hybridized carbons (Fsp3) is 0.414. The zero-order valence-corrected chi connectivity index (χ0v) is 21.7. The van der Waals surface area contributed by atoms with E-state index in [0.717, 1.165) is 42.9 Å². The van der Waals surface area contributed by atoms with Crippen LogP contribution < -0.4 is 5.32 Å². The predicted octanol–water partition coefficient (Wildman–Crippen LogP) is 5.55. The van der Waals surface area contributed by atoms with Gasteiger partial charge in [-0.1, -0.05) is 75.4 Å². The van der Waals surface area contributed by atoms with E-state index < -0.39 is 5.92 Å². The molecule has 1 aromatic heterocycles. The van der Waals surface area contributed by atoms with Gasteiger partial charge in [0, 0.05) is 30.2 Å². The summed E-state index contributed by atoms with van der Waals surface area (Å²) < 4.78 is 0. The van der Waals surface area contributed by atoms with E-state index in [9.17, 15) is 9.59 Å². The number of carbonyl (C=O) groups is 2. The summed E-state index contributed by atoms with van der Waals surface area (Å²) in [5.41, 5.74) is 4.84. The maximum Gasteiger partial charge on any atom is 0.226 e. The van der Waals surface area contributed by atoms with Gasteiger partial charge in [0.2, 0.25) is 11.8 Å². The minimum absolute atomic E-state index is 0.0603. The molecule has 6 heteroatoms. The Balaban J connectivity index is 1.32. The standard InChI is InChI=1S/C29H35N3O2S/c1-4-22-11-8-9-14-24(22)17-25-19-35-27(31-25)18-30-28(33)20(2)21(3)29(34)32-16-10-15-26(32)23-12-6-5-7-13-23/h5-9,11-14,19-21,26H,4,10,15-18H2,1-3H3,(H,30,33)/t20?,21-,26?/m1/s1. The van der Waals surface area contributed by atoms with Crippen LogP contribution in [-0.2, 0) is 29.0 Å². The third-order valence-corrected chi connectivity index (χ3v) is 8.05. The molecule has 0 saturated carbocycles. The molecular formula is C29H35N3O2S. The second-order valence-electron chi connectivity index (χ2n) is 9.43. The Morgan fingerprint density at radius 2 is 1.77 bits per heavy atom. The molecule has 3 atom stereocenters. The summed E-state index contributed by atoms with van der Waals surface area (Å²) in [5, 5.41) is 5.96. The van der Waals surface area contributed by atoms with Gasteiger partial charge in [0.05, 0.1) is 18.3 Å². The first kappa shape index (κ1) is 25.1. The average molecular weight is 490 g/mol. The molecule has 2 unspecified atom stereocenters. The van der Waals surface area contributed by atoms with E-state index in [0.29, 0.717) is 6.54 Å². The van der Waals surface area contributed by atoms with Crippen LogP contribution in [0.25, 0.3) is 0 Å². The van der Waals surface area contributed by atoms with Crippen molar-refractivity contribution < 1.29 is 9.59 Å². The van der Waals surface area contributed by atoms with Crippen LogP contribution >= 0.6 is 11.3 Å². The molecule has 35 heavy (non-hydrogen) atoms. The number of nitrogens with one attached hydrogen (secondary N) is 1. The first-order chi connectivity index (χ1) is 17.0. The molecule has 1 fully saturated rings. The lowest BCUT2D eigenvalue weighted by Crippen LogP contribution is -2.41. The molecule has 5 nitrogen and oxygen atoms in total. The number of thiazole rings is 1. The van der Waals surface area contributed by atoms with E-state index in [4.69, 9.17) is 4.98 Å². The second-order valence-corrected chi connectivity index (χ2v) is 10.4. The van der Waals surface area contributed by atoms with Crippen molar-refractivity contribution in [3.63, 3.8) is 0 Å². The summed E-state index contributed by atoms with van der Waals surface area (Å²) in [7, 11) is 0. The molecule has 4 rings (SSSR count). The van der Waals surface area contributed by atoms with Crippen LogP contribution in [0.3, 0.4) is 0 Å². The fourth-order valence-electron chi connectivity index (χ4n) is 4.86. The van der Waals surface area contributed by atoms with E-state index in [-0.39, 0.29) is 23.8 Å². The van der Waals surface area contributed by atoms with Crippen LogP contribution in [0, 0.1) is 11.8 Å².